The molecule has 1 aromatic heterocycles. The first kappa shape index (κ1) is 13.4. The van der Waals surface area contributed by atoms with Crippen LogP contribution in [0.4, 0.5) is 0 Å². The number of ether oxygens (including phenoxy) is 1. The fraction of sp³-hybridized carbons (Fsp3) is 0.357. The summed E-state index contributed by atoms with van der Waals surface area (Å²) in [6.45, 7) is 4.69. The van der Waals surface area contributed by atoms with Crippen molar-refractivity contribution in [1.82, 2.24) is 4.98 Å². The Labute approximate surface area is 117 Å². The summed E-state index contributed by atoms with van der Waals surface area (Å²) in [5, 5.41) is 1.02. The number of aromatic nitrogens is 1. The molecule has 0 atom stereocenters. The van der Waals surface area contributed by atoms with Gasteiger partial charge in [-0.15, -0.1) is 11.3 Å². The lowest BCUT2D eigenvalue weighted by molar-refractivity contribution is 0.302. The maximum atomic E-state index is 5.85. The molecule has 0 bridgehead atoms. The molecule has 1 heterocycles. The van der Waals surface area contributed by atoms with E-state index >= 15 is 0 Å². The fourth-order valence-corrected chi connectivity index (χ4v) is 3.04. The van der Waals surface area contributed by atoms with E-state index in [1.165, 1.54) is 10.4 Å². The molecule has 0 aliphatic carbocycles. The molecule has 2 nitrogen and oxygen atoms in total. The van der Waals surface area contributed by atoms with Crippen LogP contribution in [0.15, 0.2) is 24.3 Å². The van der Waals surface area contributed by atoms with E-state index in [0.717, 1.165) is 28.6 Å². The average Bonchev–Trinajstić information content (AvgIpc) is 2.77. The van der Waals surface area contributed by atoms with Crippen molar-refractivity contribution in [3.8, 4) is 5.75 Å². The minimum Gasteiger partial charge on any atom is -0.486 e. The van der Waals surface area contributed by atoms with Crippen LogP contribution in [0.2, 0.25) is 0 Å². The fourth-order valence-electron chi connectivity index (χ4n) is 1.77. The molecule has 18 heavy (non-hydrogen) atoms. The van der Waals surface area contributed by atoms with Gasteiger partial charge in [-0.2, -0.15) is 12.6 Å². The molecule has 0 aliphatic rings. The van der Waals surface area contributed by atoms with Crippen LogP contribution < -0.4 is 4.74 Å². The molecule has 0 aliphatic heterocycles. The summed E-state index contributed by atoms with van der Waals surface area (Å²) in [5.74, 6) is 1.70. The maximum Gasteiger partial charge on any atom is 0.140 e. The molecule has 4 heteroatoms. The third-order valence-corrected chi connectivity index (χ3v) is 4.45. The Morgan fingerprint density at radius 2 is 2.11 bits per heavy atom. The Morgan fingerprint density at radius 1 is 1.33 bits per heavy atom. The first-order valence-corrected chi connectivity index (χ1v) is 7.46. The number of thiol groups is 1. The predicted octanol–water partition coefficient (Wildman–Crippen LogP) is 4.02. The Balaban J connectivity index is 2.06. The highest BCUT2D eigenvalue weighted by atomic mass is 32.1. The highest BCUT2D eigenvalue weighted by Crippen LogP contribution is 2.23. The van der Waals surface area contributed by atoms with Crippen molar-refractivity contribution in [2.75, 3.05) is 0 Å². The number of aryl methyl sites for hydroxylation is 2. The van der Waals surface area contributed by atoms with Crippen LogP contribution in [0.1, 0.15) is 28.1 Å². The Bertz CT molecular complexity index is 522. The van der Waals surface area contributed by atoms with Gasteiger partial charge in [0.25, 0.3) is 0 Å². The molecule has 2 rings (SSSR count). The van der Waals surface area contributed by atoms with Gasteiger partial charge in [0, 0.05) is 10.6 Å². The summed E-state index contributed by atoms with van der Waals surface area (Å²) >= 11 is 5.97. The zero-order valence-electron chi connectivity index (χ0n) is 10.6. The van der Waals surface area contributed by atoms with E-state index in [1.807, 2.05) is 25.1 Å². The monoisotopic (exact) mass is 279 g/mol. The number of nitrogens with zero attached hydrogens (tertiary/aromatic N) is 1. The maximum absolute atomic E-state index is 5.85. The Kier molecular flexibility index (Phi) is 4.66. The third-order valence-electron chi connectivity index (χ3n) is 2.79. The van der Waals surface area contributed by atoms with Crippen molar-refractivity contribution in [3.63, 3.8) is 0 Å². The van der Waals surface area contributed by atoms with Gasteiger partial charge in [-0.25, -0.2) is 4.98 Å². The predicted molar refractivity (Wildman–Crippen MR) is 79.7 cm³/mol. The van der Waals surface area contributed by atoms with Crippen molar-refractivity contribution in [3.05, 3.63) is 45.4 Å². The van der Waals surface area contributed by atoms with E-state index in [9.17, 15) is 0 Å². The number of benzene rings is 1. The van der Waals surface area contributed by atoms with Gasteiger partial charge in [-0.1, -0.05) is 25.1 Å². The van der Waals surface area contributed by atoms with Crippen LogP contribution in [-0.4, -0.2) is 4.98 Å². The normalized spacial score (nSPS) is 10.6. The van der Waals surface area contributed by atoms with E-state index in [1.54, 1.807) is 11.3 Å². The highest BCUT2D eigenvalue weighted by Gasteiger charge is 2.07. The molecule has 2 aromatic rings. The summed E-state index contributed by atoms with van der Waals surface area (Å²) in [7, 11) is 0. The van der Waals surface area contributed by atoms with E-state index < -0.39 is 0 Å². The van der Waals surface area contributed by atoms with Crippen molar-refractivity contribution < 1.29 is 4.74 Å². The minimum atomic E-state index is 0.538. The van der Waals surface area contributed by atoms with Crippen molar-refractivity contribution in [1.29, 1.82) is 0 Å². The molecule has 0 radical (unpaired) electrons. The van der Waals surface area contributed by atoms with Gasteiger partial charge in [-0.05, 0) is 25.0 Å². The molecule has 0 saturated heterocycles. The molecule has 0 amide bonds. The van der Waals surface area contributed by atoms with E-state index in [4.69, 9.17) is 4.74 Å². The number of para-hydroxylation sites is 1. The first-order chi connectivity index (χ1) is 8.74. The highest BCUT2D eigenvalue weighted by molar-refractivity contribution is 7.79. The van der Waals surface area contributed by atoms with E-state index in [0.29, 0.717) is 6.61 Å². The molecular formula is C14H17NOS2. The molecule has 0 saturated carbocycles. The summed E-state index contributed by atoms with van der Waals surface area (Å²) in [5.41, 5.74) is 2.30. The molecule has 0 fully saturated rings. The summed E-state index contributed by atoms with van der Waals surface area (Å²) < 4.78 is 5.85. The summed E-state index contributed by atoms with van der Waals surface area (Å²) in [6, 6.07) is 8.15. The van der Waals surface area contributed by atoms with Gasteiger partial charge in [-0.3, -0.25) is 0 Å². The van der Waals surface area contributed by atoms with Crippen LogP contribution in [0, 0.1) is 6.92 Å². The standard InChI is InChI=1S/C14H17NOS2/c1-3-11-6-4-5-7-12(11)16-8-14-15-10(2)13(9-17)18-14/h4-7,17H,3,8-9H2,1-2H3. The van der Waals surface area contributed by atoms with Gasteiger partial charge in [0.05, 0.1) is 5.69 Å². The lowest BCUT2D eigenvalue weighted by Gasteiger charge is -2.08. The van der Waals surface area contributed by atoms with Crippen LogP contribution >= 0.6 is 24.0 Å². The summed E-state index contributed by atoms with van der Waals surface area (Å²) in [6.07, 6.45) is 0.981. The molecular weight excluding hydrogens is 262 g/mol. The zero-order valence-corrected chi connectivity index (χ0v) is 12.4. The second-order valence-electron chi connectivity index (χ2n) is 4.02. The molecule has 0 unspecified atom stereocenters. The van der Waals surface area contributed by atoms with Gasteiger partial charge >= 0.3 is 0 Å². The van der Waals surface area contributed by atoms with Gasteiger partial charge < -0.3 is 4.74 Å². The second-order valence-corrected chi connectivity index (χ2v) is 5.51. The molecule has 96 valence electrons. The quantitative estimate of drug-likeness (QED) is 0.835. The Hall–Kier alpha value is -1.000. The zero-order chi connectivity index (χ0) is 13.0. The van der Waals surface area contributed by atoms with Crippen LogP contribution in [0.25, 0.3) is 0 Å². The van der Waals surface area contributed by atoms with E-state index in [-0.39, 0.29) is 0 Å². The minimum absolute atomic E-state index is 0.538. The second kappa shape index (κ2) is 6.25. The third kappa shape index (κ3) is 3.06. The molecule has 0 spiro atoms. The number of hydrogen-bond acceptors (Lipinski definition) is 4. The van der Waals surface area contributed by atoms with Crippen molar-refractivity contribution >= 4 is 24.0 Å². The molecule has 1 aromatic carbocycles. The van der Waals surface area contributed by atoms with Crippen molar-refractivity contribution in [2.24, 2.45) is 0 Å². The van der Waals surface area contributed by atoms with Gasteiger partial charge in [0.15, 0.2) is 0 Å². The van der Waals surface area contributed by atoms with Crippen LogP contribution in [0.5, 0.6) is 5.75 Å². The number of thiazole rings is 1. The number of rotatable bonds is 5. The average molecular weight is 279 g/mol. The molecule has 0 N–H and O–H groups in total. The first-order valence-electron chi connectivity index (χ1n) is 6.01. The Morgan fingerprint density at radius 3 is 2.78 bits per heavy atom. The van der Waals surface area contributed by atoms with Crippen LogP contribution in [0.3, 0.4) is 0 Å². The van der Waals surface area contributed by atoms with Gasteiger partial charge in [0.2, 0.25) is 0 Å². The SMILES string of the molecule is CCc1ccccc1OCc1nc(C)c(CS)s1. The smallest absolute Gasteiger partial charge is 0.140 e. The van der Waals surface area contributed by atoms with Crippen molar-refractivity contribution in [2.45, 2.75) is 32.6 Å². The van der Waals surface area contributed by atoms with E-state index in [2.05, 4.69) is 30.6 Å². The van der Waals surface area contributed by atoms with Gasteiger partial charge in [0.1, 0.15) is 17.4 Å². The largest absolute Gasteiger partial charge is 0.486 e. The number of hydrogen-bond donors (Lipinski definition) is 1. The lowest BCUT2D eigenvalue weighted by atomic mass is 10.1. The van der Waals surface area contributed by atoms with Crippen LogP contribution in [-0.2, 0) is 18.8 Å². The lowest BCUT2D eigenvalue weighted by Crippen LogP contribution is -1.97. The topological polar surface area (TPSA) is 22.1 Å². The summed E-state index contributed by atoms with van der Waals surface area (Å²) in [4.78, 5) is 5.72.